The quantitative estimate of drug-likeness (QED) is 0.118. The number of rotatable bonds is 15. The van der Waals surface area contributed by atoms with Crippen LogP contribution in [-0.4, -0.2) is 166 Å². The molecule has 18 heteroatoms. The van der Waals surface area contributed by atoms with Gasteiger partial charge in [0.25, 0.3) is 0 Å². The summed E-state index contributed by atoms with van der Waals surface area (Å²) >= 11 is 0. The van der Waals surface area contributed by atoms with Crippen LogP contribution >= 0.6 is 0 Å². The molecule has 0 aromatic carbocycles. The standard InChI is InChI=1S/C55H90O18/c1-15-39-36(10)73-55(65-14,27-43(39)69-47-25-41(57)51(63)38(12)67-47)34(8)49(61)32(6)53-29(3)21-17-19-22-44(58)70-52(28(2)20-16-18-23-45(59)71-53)31(5)48(60)33(7)54(64-13)26-42(30(4)35(9)72-54)68-46-24-40(56)50(62)37(11)66-46/h16-23,28-43,46-53,56-57,60-63H,15,24-27H2,1-14H3/b20-16-,21-17-,22-19-,23-18-/t28-,29-,30+,31-,32-,33-,34-,35+,36+,37-,38-,39+,40-,41-,42+,43+,46-,47-,48+,49+,50+,51+,52-,53-,54+,55+/m0/s1. The van der Waals surface area contributed by atoms with Crippen LogP contribution in [0.2, 0.25) is 0 Å². The van der Waals surface area contributed by atoms with E-state index in [9.17, 15) is 40.2 Å². The predicted molar refractivity (Wildman–Crippen MR) is 268 cm³/mol. The molecule has 0 bridgehead atoms. The molecule has 0 unspecified atom stereocenters. The SMILES string of the molecule is CC[C@@H]1[C@@H](C)O[C@@](OC)([C@@H](C)[C@H](O)[C@H](C)[C@H]2OC(=O)/C=C\C=C/[C@H](C)[C@@H]([C@@H](C)[C@@H](O)[C@H](C)[C@@]3(OC)C[C@@H](O[C@H]4C[C@H](O)[C@H](O)[C@H](C)O4)[C@H](C)[C@@H](C)O3)OC(=O)/C=C\C=C/[C@@H]2C)C[C@H]1O[C@H]1C[C@H](O)[C@H](O)[C@H](C)O1. The van der Waals surface area contributed by atoms with Crippen LogP contribution in [0.15, 0.2) is 48.6 Å². The second kappa shape index (κ2) is 26.6. The molecule has 0 spiro atoms. The molecule has 5 aliphatic rings. The zero-order chi connectivity index (χ0) is 54.3. The molecule has 0 aromatic rings. The van der Waals surface area contributed by atoms with Gasteiger partial charge in [0, 0.05) is 99.4 Å². The molecule has 26 atom stereocenters. The number of esters is 2. The number of methoxy groups -OCH3 is 2. The zero-order valence-electron chi connectivity index (χ0n) is 45.6. The summed E-state index contributed by atoms with van der Waals surface area (Å²) in [6, 6.07) is 0. The molecule has 6 N–H and O–H groups in total. The van der Waals surface area contributed by atoms with E-state index in [0.29, 0.717) is 6.42 Å². The highest BCUT2D eigenvalue weighted by Crippen LogP contribution is 2.46. The molecular weight excluding hydrogens is 949 g/mol. The first kappa shape index (κ1) is 61.2. The van der Waals surface area contributed by atoms with Gasteiger partial charge in [-0.2, -0.15) is 0 Å². The fourth-order valence-electron chi connectivity index (χ4n) is 11.7. The van der Waals surface area contributed by atoms with Crippen LogP contribution in [0, 0.1) is 47.3 Å². The number of carbonyl (C=O) groups is 2. The lowest BCUT2D eigenvalue weighted by molar-refractivity contribution is -0.352. The van der Waals surface area contributed by atoms with Crippen LogP contribution in [0.3, 0.4) is 0 Å². The van der Waals surface area contributed by atoms with Crippen molar-refractivity contribution >= 4 is 11.9 Å². The highest BCUT2D eigenvalue weighted by atomic mass is 16.7. The summed E-state index contributed by atoms with van der Waals surface area (Å²) in [7, 11) is 3.04. The summed E-state index contributed by atoms with van der Waals surface area (Å²) < 4.78 is 62.5. The van der Waals surface area contributed by atoms with E-state index in [2.05, 4.69) is 0 Å². The van der Waals surface area contributed by atoms with Gasteiger partial charge >= 0.3 is 11.9 Å². The highest BCUT2D eigenvalue weighted by Gasteiger charge is 2.55. The van der Waals surface area contributed by atoms with Crippen molar-refractivity contribution in [2.45, 2.75) is 225 Å². The Labute approximate surface area is 433 Å². The van der Waals surface area contributed by atoms with Crippen molar-refractivity contribution in [2.24, 2.45) is 47.3 Å². The van der Waals surface area contributed by atoms with Crippen LogP contribution in [0.4, 0.5) is 0 Å². The van der Waals surface area contributed by atoms with Gasteiger partial charge in [0.15, 0.2) is 24.2 Å². The maximum Gasteiger partial charge on any atom is 0.331 e. The molecule has 0 amide bonds. The third-order valence-electron chi connectivity index (χ3n) is 16.9. The smallest absolute Gasteiger partial charge is 0.331 e. The molecule has 5 rings (SSSR count). The first-order valence-corrected chi connectivity index (χ1v) is 26.6. The maximum atomic E-state index is 13.6. The summed E-state index contributed by atoms with van der Waals surface area (Å²) in [4.78, 5) is 27.2. The molecule has 0 aromatic heterocycles. The van der Waals surface area contributed by atoms with Crippen molar-refractivity contribution in [1.82, 2.24) is 0 Å². The average molecular weight is 1040 g/mol. The second-order valence-corrected chi connectivity index (χ2v) is 21.8. The maximum absolute atomic E-state index is 13.6. The van der Waals surface area contributed by atoms with Crippen LogP contribution in [-0.2, 0) is 57.0 Å². The largest absolute Gasteiger partial charge is 0.458 e. The molecule has 0 radical (unpaired) electrons. The minimum Gasteiger partial charge on any atom is -0.458 e. The van der Waals surface area contributed by atoms with Crippen LogP contribution in [0.1, 0.15) is 115 Å². The number of hydrogen-bond acceptors (Lipinski definition) is 18. The average Bonchev–Trinajstić information content (AvgIpc) is 3.35. The molecule has 73 heavy (non-hydrogen) atoms. The van der Waals surface area contributed by atoms with E-state index in [-0.39, 0.29) is 49.7 Å². The summed E-state index contributed by atoms with van der Waals surface area (Å²) in [5.74, 6) is -7.76. The van der Waals surface area contributed by atoms with E-state index in [0.717, 1.165) is 0 Å². The van der Waals surface area contributed by atoms with Crippen molar-refractivity contribution < 1.29 is 87.6 Å². The first-order valence-electron chi connectivity index (χ1n) is 26.6. The van der Waals surface area contributed by atoms with E-state index in [1.165, 1.54) is 38.5 Å². The Balaban J connectivity index is 1.30. The van der Waals surface area contributed by atoms with Gasteiger partial charge in [-0.05, 0) is 34.1 Å². The van der Waals surface area contributed by atoms with E-state index in [1.807, 2.05) is 55.4 Å². The Bertz CT molecular complexity index is 1850. The summed E-state index contributed by atoms with van der Waals surface area (Å²) in [6.45, 7) is 22.1. The lowest BCUT2D eigenvalue weighted by Gasteiger charge is -2.52. The van der Waals surface area contributed by atoms with Crippen molar-refractivity contribution in [1.29, 1.82) is 0 Å². The predicted octanol–water partition coefficient (Wildman–Crippen LogP) is 5.04. The Kier molecular flexibility index (Phi) is 22.3. The van der Waals surface area contributed by atoms with E-state index in [4.69, 9.17) is 47.4 Å². The number of aliphatic hydroxyl groups excluding tert-OH is 6. The van der Waals surface area contributed by atoms with Crippen molar-refractivity contribution in [2.75, 3.05) is 14.2 Å². The van der Waals surface area contributed by atoms with Gasteiger partial charge in [-0.1, -0.05) is 91.8 Å². The molecule has 4 saturated heterocycles. The second-order valence-electron chi connectivity index (χ2n) is 21.8. The lowest BCUT2D eigenvalue weighted by atomic mass is 9.76. The molecule has 5 aliphatic heterocycles. The first-order chi connectivity index (χ1) is 34.3. The third-order valence-corrected chi connectivity index (χ3v) is 16.9. The number of cyclic esters (lactones) is 2. The van der Waals surface area contributed by atoms with Gasteiger partial charge in [0.05, 0.1) is 61.0 Å². The van der Waals surface area contributed by atoms with Crippen LogP contribution < -0.4 is 0 Å². The molecule has 418 valence electrons. The number of allylic oxidation sites excluding steroid dienone is 4. The summed E-state index contributed by atoms with van der Waals surface area (Å²) in [5.41, 5.74) is 0. The Hall–Kier alpha value is -2.66. The molecule has 4 fully saturated rings. The van der Waals surface area contributed by atoms with E-state index in [1.54, 1.807) is 52.0 Å². The van der Waals surface area contributed by atoms with Crippen molar-refractivity contribution in [3.63, 3.8) is 0 Å². The normalized spacial score (nSPS) is 45.6. The Morgan fingerprint density at radius 3 is 1.40 bits per heavy atom. The van der Waals surface area contributed by atoms with Crippen molar-refractivity contribution in [3.8, 4) is 0 Å². The fourth-order valence-corrected chi connectivity index (χ4v) is 11.7. The molecular formula is C55H90O18. The molecule has 5 heterocycles. The monoisotopic (exact) mass is 1040 g/mol. The van der Waals surface area contributed by atoms with Gasteiger partial charge in [-0.3, -0.25) is 0 Å². The van der Waals surface area contributed by atoms with Crippen LogP contribution in [0.5, 0.6) is 0 Å². The highest BCUT2D eigenvalue weighted by molar-refractivity contribution is 5.83. The van der Waals surface area contributed by atoms with Gasteiger partial charge in [0.2, 0.25) is 0 Å². The van der Waals surface area contributed by atoms with Gasteiger partial charge in [-0.15, -0.1) is 0 Å². The molecule has 0 aliphatic carbocycles. The van der Waals surface area contributed by atoms with Gasteiger partial charge in [-0.25, -0.2) is 9.59 Å². The van der Waals surface area contributed by atoms with E-state index >= 15 is 0 Å². The van der Waals surface area contributed by atoms with E-state index < -0.39 is 145 Å². The lowest BCUT2D eigenvalue weighted by Crippen LogP contribution is -2.60. The van der Waals surface area contributed by atoms with Crippen LogP contribution in [0.25, 0.3) is 0 Å². The molecule has 0 saturated carbocycles. The van der Waals surface area contributed by atoms with Gasteiger partial charge in [0.1, 0.15) is 24.4 Å². The fraction of sp³-hybridized carbons (Fsp3) is 0.818. The number of ether oxygens (including phenoxy) is 10. The third kappa shape index (κ3) is 14.5. The number of hydrogen-bond donors (Lipinski definition) is 6. The minimum absolute atomic E-state index is 0.0682. The topological polar surface area (TPSA) is 248 Å². The zero-order valence-corrected chi connectivity index (χ0v) is 45.6. The van der Waals surface area contributed by atoms with Gasteiger partial charge < -0.3 is 78.0 Å². The minimum atomic E-state index is -1.33. The number of carbonyl (C=O) groups excluding carboxylic acids is 2. The summed E-state index contributed by atoms with van der Waals surface area (Å²) in [5, 5.41) is 65.9. The van der Waals surface area contributed by atoms with Crippen molar-refractivity contribution in [3.05, 3.63) is 48.6 Å². The number of aliphatic hydroxyl groups is 6. The Morgan fingerprint density at radius 2 is 1.00 bits per heavy atom. The Morgan fingerprint density at radius 1 is 0.603 bits per heavy atom. The summed E-state index contributed by atoms with van der Waals surface area (Å²) in [6.07, 6.45) is 1.30. The molecule has 18 nitrogen and oxygen atoms in total.